The number of aromatic nitrogens is 5. The van der Waals surface area contributed by atoms with E-state index < -0.39 is 11.6 Å². The van der Waals surface area contributed by atoms with Crippen LogP contribution in [0.1, 0.15) is 18.5 Å². The second-order valence-corrected chi connectivity index (χ2v) is 5.67. The molecule has 0 saturated heterocycles. The van der Waals surface area contributed by atoms with Crippen LogP contribution in [0, 0.1) is 6.92 Å². The lowest BCUT2D eigenvalue weighted by atomic mass is 10.2. The van der Waals surface area contributed by atoms with Gasteiger partial charge in [0.1, 0.15) is 0 Å². The number of amides is 1. The minimum Gasteiger partial charge on any atom is -0.307 e. The van der Waals surface area contributed by atoms with Crippen molar-refractivity contribution in [3.8, 4) is 11.3 Å². The van der Waals surface area contributed by atoms with Gasteiger partial charge < -0.3 is 9.72 Å². The van der Waals surface area contributed by atoms with Gasteiger partial charge in [0.05, 0.1) is 30.0 Å². The minimum atomic E-state index is -1.72. The van der Waals surface area contributed by atoms with Crippen molar-refractivity contribution < 1.29 is 9.18 Å². The number of rotatable bonds is 3. The molecule has 0 spiro atoms. The predicted molar refractivity (Wildman–Crippen MR) is 80.5 cm³/mol. The van der Waals surface area contributed by atoms with Gasteiger partial charge in [-0.3, -0.25) is 9.78 Å². The van der Waals surface area contributed by atoms with Crippen LogP contribution in [0.15, 0.2) is 30.9 Å². The molecule has 0 unspecified atom stereocenters. The quantitative estimate of drug-likeness (QED) is 0.799. The third-order valence-electron chi connectivity index (χ3n) is 3.75. The molecule has 4 rings (SSSR count). The molecule has 7 nitrogen and oxygen atoms in total. The van der Waals surface area contributed by atoms with Crippen LogP contribution in [0.2, 0.25) is 0 Å². The molecule has 23 heavy (non-hydrogen) atoms. The summed E-state index contributed by atoms with van der Waals surface area (Å²) in [5, 5.41) is 10.3. The van der Waals surface area contributed by atoms with Crippen molar-refractivity contribution in [2.45, 2.75) is 25.4 Å². The molecule has 116 valence electrons. The van der Waals surface area contributed by atoms with Gasteiger partial charge >= 0.3 is 0 Å². The smallest absolute Gasteiger partial charge is 0.263 e. The number of hydrogen-bond donors (Lipinski definition) is 1. The first-order valence-corrected chi connectivity index (χ1v) is 7.18. The molecule has 0 aliphatic heterocycles. The lowest BCUT2D eigenvalue weighted by molar-refractivity contribution is -0.122. The van der Waals surface area contributed by atoms with E-state index in [4.69, 9.17) is 0 Å². The molecular formula is C15H13FN6O. The van der Waals surface area contributed by atoms with Crippen molar-refractivity contribution in [2.24, 2.45) is 0 Å². The highest BCUT2D eigenvalue weighted by molar-refractivity contribution is 5.98. The van der Waals surface area contributed by atoms with Gasteiger partial charge in [-0.05, 0) is 25.8 Å². The van der Waals surface area contributed by atoms with E-state index in [0.717, 1.165) is 11.3 Å². The van der Waals surface area contributed by atoms with Gasteiger partial charge in [0.15, 0.2) is 17.1 Å². The van der Waals surface area contributed by atoms with Gasteiger partial charge in [-0.15, -0.1) is 0 Å². The number of imidazole rings is 1. The fourth-order valence-electron chi connectivity index (χ4n) is 2.29. The van der Waals surface area contributed by atoms with E-state index in [9.17, 15) is 9.18 Å². The van der Waals surface area contributed by atoms with E-state index >= 15 is 0 Å². The maximum atomic E-state index is 13.7. The lowest BCUT2D eigenvalue weighted by Crippen LogP contribution is -2.25. The summed E-state index contributed by atoms with van der Waals surface area (Å²) in [5.41, 5.74) is 1.17. The average Bonchev–Trinajstić information content (AvgIpc) is 3.16. The molecular weight excluding hydrogens is 299 g/mol. The topological polar surface area (TPSA) is 85.1 Å². The summed E-state index contributed by atoms with van der Waals surface area (Å²) in [6.07, 6.45) is 7.16. The SMILES string of the molecule is Cc1cc(-c2cn3cc(NC(=O)C4(F)CC4)nc3cn2)cnn1. The van der Waals surface area contributed by atoms with Gasteiger partial charge in [-0.25, -0.2) is 9.37 Å². The van der Waals surface area contributed by atoms with Gasteiger partial charge in [-0.2, -0.15) is 10.2 Å². The third kappa shape index (κ3) is 2.52. The minimum absolute atomic E-state index is 0.270. The van der Waals surface area contributed by atoms with E-state index in [-0.39, 0.29) is 12.8 Å². The van der Waals surface area contributed by atoms with Gasteiger partial charge in [0.25, 0.3) is 5.91 Å². The molecule has 1 aliphatic carbocycles. The van der Waals surface area contributed by atoms with E-state index in [2.05, 4.69) is 25.5 Å². The van der Waals surface area contributed by atoms with Crippen LogP contribution >= 0.6 is 0 Å². The van der Waals surface area contributed by atoms with Crippen LogP contribution in [-0.4, -0.2) is 36.1 Å². The molecule has 1 amide bonds. The normalized spacial score (nSPS) is 15.6. The molecule has 1 saturated carbocycles. The van der Waals surface area contributed by atoms with Crippen molar-refractivity contribution in [3.05, 3.63) is 36.5 Å². The summed E-state index contributed by atoms with van der Waals surface area (Å²) < 4.78 is 15.4. The Balaban J connectivity index is 1.65. The zero-order valence-corrected chi connectivity index (χ0v) is 12.3. The monoisotopic (exact) mass is 312 g/mol. The number of carbonyl (C=O) groups is 1. The van der Waals surface area contributed by atoms with Crippen LogP contribution in [0.3, 0.4) is 0 Å². The molecule has 8 heteroatoms. The summed E-state index contributed by atoms with van der Waals surface area (Å²) in [7, 11) is 0. The second kappa shape index (κ2) is 4.80. The van der Waals surface area contributed by atoms with E-state index in [0.29, 0.717) is 17.2 Å². The van der Waals surface area contributed by atoms with Crippen molar-refractivity contribution in [1.82, 2.24) is 24.6 Å². The second-order valence-electron chi connectivity index (χ2n) is 5.67. The van der Waals surface area contributed by atoms with Crippen LogP contribution in [0.5, 0.6) is 0 Å². The van der Waals surface area contributed by atoms with Crippen LogP contribution < -0.4 is 5.32 Å². The maximum absolute atomic E-state index is 13.7. The van der Waals surface area contributed by atoms with E-state index in [1.54, 1.807) is 29.2 Å². The lowest BCUT2D eigenvalue weighted by Gasteiger charge is -2.03. The van der Waals surface area contributed by atoms with E-state index in [1.807, 2.05) is 13.0 Å². The van der Waals surface area contributed by atoms with E-state index in [1.165, 1.54) is 0 Å². The Morgan fingerprint density at radius 1 is 1.35 bits per heavy atom. The van der Waals surface area contributed by atoms with Crippen LogP contribution in [-0.2, 0) is 4.79 Å². The number of alkyl halides is 1. The molecule has 3 aromatic rings. The number of carbonyl (C=O) groups excluding carboxylic acids is 1. The Morgan fingerprint density at radius 2 is 2.17 bits per heavy atom. The first-order chi connectivity index (χ1) is 11.0. The highest BCUT2D eigenvalue weighted by atomic mass is 19.1. The maximum Gasteiger partial charge on any atom is 0.263 e. The zero-order chi connectivity index (χ0) is 16.0. The van der Waals surface area contributed by atoms with Crippen molar-refractivity contribution in [3.63, 3.8) is 0 Å². The number of aryl methyl sites for hydroxylation is 1. The number of nitrogens with one attached hydrogen (secondary N) is 1. The number of hydrogen-bond acceptors (Lipinski definition) is 5. The van der Waals surface area contributed by atoms with Gasteiger partial charge in [-0.1, -0.05) is 0 Å². The molecule has 1 fully saturated rings. The summed E-state index contributed by atoms with van der Waals surface area (Å²) in [4.78, 5) is 20.3. The highest BCUT2D eigenvalue weighted by Crippen LogP contribution is 2.40. The first kappa shape index (κ1) is 13.7. The summed E-state index contributed by atoms with van der Waals surface area (Å²) in [6.45, 7) is 1.85. The Morgan fingerprint density at radius 3 is 2.91 bits per heavy atom. The number of halogens is 1. The average molecular weight is 312 g/mol. The number of nitrogens with zero attached hydrogens (tertiary/aromatic N) is 5. The highest BCUT2D eigenvalue weighted by Gasteiger charge is 2.51. The largest absolute Gasteiger partial charge is 0.307 e. The van der Waals surface area contributed by atoms with Crippen LogP contribution in [0.4, 0.5) is 10.2 Å². The van der Waals surface area contributed by atoms with Crippen LogP contribution in [0.25, 0.3) is 16.9 Å². The number of fused-ring (bicyclic) bond motifs is 1. The summed E-state index contributed by atoms with van der Waals surface area (Å²) in [6, 6.07) is 1.88. The third-order valence-corrected chi connectivity index (χ3v) is 3.75. The Bertz CT molecular complexity index is 917. The Labute approximate surface area is 130 Å². The fraction of sp³-hybridized carbons (Fsp3) is 0.267. The molecule has 0 aromatic carbocycles. The zero-order valence-electron chi connectivity index (χ0n) is 12.3. The molecule has 0 radical (unpaired) electrons. The Kier molecular flexibility index (Phi) is 2.87. The van der Waals surface area contributed by atoms with Crippen molar-refractivity contribution >= 4 is 17.4 Å². The Hall–Kier alpha value is -2.90. The molecule has 0 atom stereocenters. The first-order valence-electron chi connectivity index (χ1n) is 7.18. The predicted octanol–water partition coefficient (Wildman–Crippen LogP) is 1.94. The standard InChI is InChI=1S/C15H13FN6O/c1-9-4-10(5-18-21-9)11-7-22-8-12(19-13(22)6-17-11)20-14(23)15(16)2-3-15/h4-8H,2-3H2,1H3,(H,20,23). The van der Waals surface area contributed by atoms with Gasteiger partial charge in [0, 0.05) is 11.8 Å². The molecule has 0 bridgehead atoms. The van der Waals surface area contributed by atoms with Crippen molar-refractivity contribution in [1.29, 1.82) is 0 Å². The summed E-state index contributed by atoms with van der Waals surface area (Å²) in [5.74, 6) is -0.329. The molecule has 1 N–H and O–H groups in total. The van der Waals surface area contributed by atoms with Gasteiger partial charge in [0.2, 0.25) is 0 Å². The molecule has 3 heterocycles. The fourth-order valence-corrected chi connectivity index (χ4v) is 2.29. The summed E-state index contributed by atoms with van der Waals surface area (Å²) >= 11 is 0. The molecule has 3 aromatic heterocycles. The number of anilines is 1. The van der Waals surface area contributed by atoms with Crippen molar-refractivity contribution in [2.75, 3.05) is 5.32 Å². The molecule has 1 aliphatic rings.